The van der Waals surface area contributed by atoms with Crippen LogP contribution in [0.1, 0.15) is 35.5 Å². The Morgan fingerprint density at radius 3 is 2.55 bits per heavy atom. The van der Waals surface area contributed by atoms with Crippen molar-refractivity contribution in [2.45, 2.75) is 43.0 Å². The molecule has 0 aliphatic rings. The molecule has 0 saturated heterocycles. The number of ether oxygens (including phenoxy) is 2. The molecular formula is C22H24N2O3S2. The van der Waals surface area contributed by atoms with E-state index in [9.17, 15) is 4.79 Å². The molecule has 7 heteroatoms. The smallest absolute Gasteiger partial charge is 0.255 e. The van der Waals surface area contributed by atoms with E-state index in [1.807, 2.05) is 45.2 Å². The topological polar surface area (TPSA) is 60.5 Å². The fourth-order valence-corrected chi connectivity index (χ4v) is 4.58. The van der Waals surface area contributed by atoms with Gasteiger partial charge in [-0.3, -0.25) is 4.79 Å². The first-order valence-electron chi connectivity index (χ1n) is 9.22. The molecule has 0 radical (unpaired) electrons. The maximum absolute atomic E-state index is 12.7. The van der Waals surface area contributed by atoms with Gasteiger partial charge in [-0.1, -0.05) is 11.8 Å². The number of carbonyl (C=O) groups is 1. The number of aryl methyl sites for hydroxylation is 2. The first-order chi connectivity index (χ1) is 13.9. The number of hydrogen-bond donors (Lipinski definition) is 1. The van der Waals surface area contributed by atoms with Crippen molar-refractivity contribution in [1.29, 1.82) is 0 Å². The van der Waals surface area contributed by atoms with E-state index in [-0.39, 0.29) is 12.0 Å². The molecule has 0 aliphatic carbocycles. The number of rotatable bonds is 7. The number of hydrogen-bond acceptors (Lipinski definition) is 6. The predicted octanol–water partition coefficient (Wildman–Crippen LogP) is 5.96. The lowest BCUT2D eigenvalue weighted by Gasteiger charge is -2.15. The van der Waals surface area contributed by atoms with Crippen LogP contribution in [0, 0.1) is 13.8 Å². The molecule has 1 amide bonds. The number of anilines is 1. The van der Waals surface area contributed by atoms with Crippen LogP contribution in [0.5, 0.6) is 11.5 Å². The zero-order valence-corrected chi connectivity index (χ0v) is 18.7. The highest BCUT2D eigenvalue weighted by atomic mass is 32.2. The quantitative estimate of drug-likeness (QED) is 0.503. The molecule has 1 N–H and O–H groups in total. The van der Waals surface area contributed by atoms with Crippen LogP contribution in [0.4, 0.5) is 5.69 Å². The summed E-state index contributed by atoms with van der Waals surface area (Å²) in [6, 6.07) is 11.2. The Hall–Kier alpha value is -2.51. The Morgan fingerprint density at radius 1 is 1.14 bits per heavy atom. The highest BCUT2D eigenvalue weighted by Gasteiger charge is 2.14. The van der Waals surface area contributed by atoms with Crippen LogP contribution in [0.2, 0.25) is 0 Å². The van der Waals surface area contributed by atoms with Gasteiger partial charge in [-0.2, -0.15) is 0 Å². The number of carbonyl (C=O) groups excluding carboxylic acids is 1. The molecule has 0 saturated carbocycles. The summed E-state index contributed by atoms with van der Waals surface area (Å²) in [5.74, 6) is 0.959. The lowest BCUT2D eigenvalue weighted by atomic mass is 10.1. The maximum Gasteiger partial charge on any atom is 0.255 e. The van der Waals surface area contributed by atoms with E-state index >= 15 is 0 Å². The van der Waals surface area contributed by atoms with Gasteiger partial charge in [-0.25, -0.2) is 4.98 Å². The van der Waals surface area contributed by atoms with Crippen LogP contribution in [-0.2, 0) is 0 Å². The second-order valence-electron chi connectivity index (χ2n) is 6.82. The highest BCUT2D eigenvalue weighted by Crippen LogP contribution is 2.33. The monoisotopic (exact) mass is 428 g/mol. The molecule has 1 heterocycles. The molecule has 5 nitrogen and oxygen atoms in total. The fraction of sp³-hybridized carbons (Fsp3) is 0.273. The summed E-state index contributed by atoms with van der Waals surface area (Å²) < 4.78 is 12.1. The van der Waals surface area contributed by atoms with Crippen LogP contribution in [0.3, 0.4) is 0 Å². The van der Waals surface area contributed by atoms with E-state index in [4.69, 9.17) is 9.47 Å². The molecule has 0 fully saturated rings. The van der Waals surface area contributed by atoms with Gasteiger partial charge >= 0.3 is 0 Å². The molecule has 152 valence electrons. The number of thiazole rings is 1. The van der Waals surface area contributed by atoms with Crippen LogP contribution in [0.25, 0.3) is 0 Å². The Labute approximate surface area is 179 Å². The summed E-state index contributed by atoms with van der Waals surface area (Å²) >= 11 is 3.25. The lowest BCUT2D eigenvalue weighted by Crippen LogP contribution is -2.13. The third-order valence-electron chi connectivity index (χ3n) is 4.04. The first kappa shape index (κ1) is 21.2. The number of nitrogens with one attached hydrogen (secondary N) is 1. The average Bonchev–Trinajstić information content (AvgIpc) is 3.08. The van der Waals surface area contributed by atoms with E-state index in [1.54, 1.807) is 48.4 Å². The van der Waals surface area contributed by atoms with Gasteiger partial charge in [-0.05, 0) is 69.7 Å². The molecule has 3 rings (SSSR count). The molecular weight excluding hydrogens is 404 g/mol. The minimum Gasteiger partial charge on any atom is -0.493 e. The number of aromatic nitrogens is 1. The van der Waals surface area contributed by atoms with Crippen LogP contribution in [-0.4, -0.2) is 24.1 Å². The third kappa shape index (κ3) is 5.52. The van der Waals surface area contributed by atoms with E-state index < -0.39 is 0 Å². The average molecular weight is 429 g/mol. The van der Waals surface area contributed by atoms with Crippen molar-refractivity contribution < 1.29 is 14.3 Å². The van der Waals surface area contributed by atoms with Crippen molar-refractivity contribution in [3.63, 3.8) is 0 Å². The van der Waals surface area contributed by atoms with Crippen LogP contribution in [0.15, 0.2) is 51.0 Å². The zero-order chi connectivity index (χ0) is 21.0. The number of methoxy groups -OCH3 is 1. The summed E-state index contributed by atoms with van der Waals surface area (Å²) in [7, 11) is 1.56. The summed E-state index contributed by atoms with van der Waals surface area (Å²) in [6.07, 6.45) is 0.0240. The van der Waals surface area contributed by atoms with Gasteiger partial charge in [0.1, 0.15) is 0 Å². The number of nitrogens with zero attached hydrogens (tertiary/aromatic N) is 1. The summed E-state index contributed by atoms with van der Waals surface area (Å²) in [5.41, 5.74) is 3.30. The molecule has 0 aliphatic heterocycles. The van der Waals surface area contributed by atoms with Gasteiger partial charge in [-0.15, -0.1) is 11.3 Å². The molecule has 2 aromatic carbocycles. The van der Waals surface area contributed by atoms with Crippen molar-refractivity contribution in [3.05, 3.63) is 58.6 Å². The standard InChI is InChI=1S/C22H24N2O3S2/c1-13(2)27-19-9-6-16(11-20(19)26-5)21(25)24-18-8-7-17(10-14(18)3)29-22-23-15(4)12-28-22/h6-13H,1-5H3,(H,24,25). The summed E-state index contributed by atoms with van der Waals surface area (Å²) in [4.78, 5) is 18.3. The van der Waals surface area contributed by atoms with Crippen LogP contribution >= 0.6 is 23.1 Å². The second-order valence-corrected chi connectivity index (χ2v) is 9.00. The van der Waals surface area contributed by atoms with Crippen molar-refractivity contribution >= 4 is 34.7 Å². The van der Waals surface area contributed by atoms with E-state index in [0.717, 1.165) is 26.2 Å². The van der Waals surface area contributed by atoms with Crippen molar-refractivity contribution in [3.8, 4) is 11.5 Å². The minimum atomic E-state index is -0.196. The van der Waals surface area contributed by atoms with Crippen molar-refractivity contribution in [2.75, 3.05) is 12.4 Å². The fourth-order valence-electron chi connectivity index (χ4n) is 2.67. The van der Waals surface area contributed by atoms with Gasteiger partial charge in [0, 0.05) is 27.2 Å². The Balaban J connectivity index is 1.73. The number of benzene rings is 2. The van der Waals surface area contributed by atoms with Gasteiger partial charge in [0.25, 0.3) is 5.91 Å². The molecule has 0 atom stereocenters. The Kier molecular flexibility index (Phi) is 6.82. The minimum absolute atomic E-state index is 0.0240. The van der Waals surface area contributed by atoms with E-state index in [1.165, 1.54) is 0 Å². The SMILES string of the molecule is COc1cc(C(=O)Nc2ccc(Sc3nc(C)cs3)cc2C)ccc1OC(C)C. The van der Waals surface area contributed by atoms with Gasteiger partial charge in [0.2, 0.25) is 0 Å². The second kappa shape index (κ2) is 9.33. The normalized spacial score (nSPS) is 10.8. The molecule has 0 unspecified atom stereocenters. The summed E-state index contributed by atoms with van der Waals surface area (Å²) in [5, 5.41) is 5.01. The van der Waals surface area contributed by atoms with E-state index in [2.05, 4.69) is 16.4 Å². The van der Waals surface area contributed by atoms with E-state index in [0.29, 0.717) is 17.1 Å². The largest absolute Gasteiger partial charge is 0.493 e. The Morgan fingerprint density at radius 2 is 1.93 bits per heavy atom. The zero-order valence-electron chi connectivity index (χ0n) is 17.1. The lowest BCUT2D eigenvalue weighted by molar-refractivity contribution is 0.102. The molecule has 1 aromatic heterocycles. The third-order valence-corrected chi connectivity index (χ3v) is 6.08. The van der Waals surface area contributed by atoms with Gasteiger partial charge < -0.3 is 14.8 Å². The summed E-state index contributed by atoms with van der Waals surface area (Å²) in [6.45, 7) is 7.86. The van der Waals surface area contributed by atoms with Crippen molar-refractivity contribution in [1.82, 2.24) is 4.98 Å². The van der Waals surface area contributed by atoms with Gasteiger partial charge in [0.15, 0.2) is 15.8 Å². The van der Waals surface area contributed by atoms with Gasteiger partial charge in [0.05, 0.1) is 13.2 Å². The first-order valence-corrected chi connectivity index (χ1v) is 10.9. The van der Waals surface area contributed by atoms with Crippen LogP contribution < -0.4 is 14.8 Å². The predicted molar refractivity (Wildman–Crippen MR) is 119 cm³/mol. The molecule has 0 bridgehead atoms. The highest BCUT2D eigenvalue weighted by molar-refractivity contribution is 8.01. The molecule has 3 aromatic rings. The number of amides is 1. The Bertz CT molecular complexity index is 1020. The molecule has 29 heavy (non-hydrogen) atoms. The molecule has 0 spiro atoms. The maximum atomic E-state index is 12.7. The van der Waals surface area contributed by atoms with Crippen molar-refractivity contribution in [2.24, 2.45) is 0 Å².